The molecule has 0 atom stereocenters. The fourth-order valence-electron chi connectivity index (χ4n) is 1.24. The van der Waals surface area contributed by atoms with Crippen LogP contribution in [0.15, 0.2) is 12.1 Å². The summed E-state index contributed by atoms with van der Waals surface area (Å²) >= 11 is 0. The van der Waals surface area contributed by atoms with Gasteiger partial charge in [0.15, 0.2) is 0 Å². The van der Waals surface area contributed by atoms with Crippen LogP contribution in [0.2, 0.25) is 0 Å². The highest BCUT2D eigenvalue weighted by molar-refractivity contribution is 5.95. The predicted molar refractivity (Wildman–Crippen MR) is 61.6 cm³/mol. The molecule has 1 aromatic rings. The number of nitrogens with one attached hydrogen (secondary N) is 1. The summed E-state index contributed by atoms with van der Waals surface area (Å²) in [6.07, 6.45) is 0. The van der Waals surface area contributed by atoms with Crippen molar-refractivity contribution < 1.29 is 23.6 Å². The average Bonchev–Trinajstić information content (AvgIpc) is 2.24. The Hall–Kier alpha value is -2.09. The molecular formula is C11H12F2N2O4. The van der Waals surface area contributed by atoms with Gasteiger partial charge in [0.1, 0.15) is 5.82 Å². The summed E-state index contributed by atoms with van der Waals surface area (Å²) in [5, 5.41) is 22.1. The summed E-state index contributed by atoms with van der Waals surface area (Å²) in [5.41, 5.74) is -2.87. The lowest BCUT2D eigenvalue weighted by atomic mass is 10.1. The van der Waals surface area contributed by atoms with Gasteiger partial charge in [0.2, 0.25) is 5.82 Å². The van der Waals surface area contributed by atoms with Crippen LogP contribution in [0, 0.1) is 21.7 Å². The van der Waals surface area contributed by atoms with E-state index in [0.29, 0.717) is 6.07 Å². The van der Waals surface area contributed by atoms with E-state index in [2.05, 4.69) is 5.32 Å². The summed E-state index contributed by atoms with van der Waals surface area (Å²) in [7, 11) is 0. The van der Waals surface area contributed by atoms with E-state index in [1.54, 1.807) is 0 Å². The SMILES string of the molecule is CC(C)(O)CNC(=O)c1cc([N+](=O)[O-])c(F)cc1F. The number of hydrogen-bond donors (Lipinski definition) is 2. The van der Waals surface area contributed by atoms with Gasteiger partial charge in [0, 0.05) is 18.7 Å². The van der Waals surface area contributed by atoms with Gasteiger partial charge in [-0.25, -0.2) is 4.39 Å². The molecule has 0 aliphatic heterocycles. The molecule has 104 valence electrons. The van der Waals surface area contributed by atoms with Crippen LogP contribution in [-0.4, -0.2) is 28.1 Å². The van der Waals surface area contributed by atoms with Crippen molar-refractivity contribution in [1.29, 1.82) is 0 Å². The number of nitrogens with zero attached hydrogens (tertiary/aromatic N) is 1. The van der Waals surface area contributed by atoms with Gasteiger partial charge in [0.25, 0.3) is 5.91 Å². The molecule has 0 aliphatic rings. The van der Waals surface area contributed by atoms with Crippen molar-refractivity contribution in [2.24, 2.45) is 0 Å². The van der Waals surface area contributed by atoms with Crippen LogP contribution in [-0.2, 0) is 0 Å². The zero-order chi connectivity index (χ0) is 14.8. The smallest absolute Gasteiger partial charge is 0.305 e. The van der Waals surface area contributed by atoms with Crippen LogP contribution in [0.5, 0.6) is 0 Å². The molecule has 0 saturated carbocycles. The minimum Gasteiger partial charge on any atom is -0.389 e. The van der Waals surface area contributed by atoms with E-state index in [1.165, 1.54) is 13.8 Å². The van der Waals surface area contributed by atoms with Gasteiger partial charge in [-0.1, -0.05) is 0 Å². The van der Waals surface area contributed by atoms with Gasteiger partial charge < -0.3 is 10.4 Å². The van der Waals surface area contributed by atoms with Gasteiger partial charge >= 0.3 is 5.69 Å². The third-order valence-corrected chi connectivity index (χ3v) is 2.16. The first-order chi connectivity index (χ1) is 8.61. The zero-order valence-corrected chi connectivity index (χ0v) is 10.2. The molecule has 19 heavy (non-hydrogen) atoms. The van der Waals surface area contributed by atoms with Crippen molar-refractivity contribution in [3.63, 3.8) is 0 Å². The molecule has 1 aromatic carbocycles. The molecule has 0 heterocycles. The standard InChI is InChI=1S/C11H12F2N2O4/c1-11(2,17)5-14-10(16)6-3-9(15(18)19)8(13)4-7(6)12/h3-4,17H,5H2,1-2H3,(H,14,16). The number of benzene rings is 1. The molecule has 8 heteroatoms. The number of hydrogen-bond acceptors (Lipinski definition) is 4. The Balaban J connectivity index is 3.03. The molecule has 0 aliphatic carbocycles. The quantitative estimate of drug-likeness (QED) is 0.640. The van der Waals surface area contributed by atoms with Crippen LogP contribution < -0.4 is 5.32 Å². The van der Waals surface area contributed by atoms with Crippen LogP contribution >= 0.6 is 0 Å². The number of nitro groups is 1. The lowest BCUT2D eigenvalue weighted by molar-refractivity contribution is -0.387. The Bertz CT molecular complexity index is 526. The number of aliphatic hydroxyl groups is 1. The predicted octanol–water partition coefficient (Wildman–Crippen LogP) is 1.37. The van der Waals surface area contributed by atoms with Crippen molar-refractivity contribution in [3.05, 3.63) is 39.4 Å². The first-order valence-corrected chi connectivity index (χ1v) is 5.26. The molecule has 1 rings (SSSR count). The van der Waals surface area contributed by atoms with E-state index >= 15 is 0 Å². The van der Waals surface area contributed by atoms with E-state index in [1.807, 2.05) is 0 Å². The third kappa shape index (κ3) is 3.95. The average molecular weight is 274 g/mol. The largest absolute Gasteiger partial charge is 0.389 e. The van der Waals surface area contributed by atoms with E-state index in [4.69, 9.17) is 0 Å². The molecule has 0 unspecified atom stereocenters. The lowest BCUT2D eigenvalue weighted by Gasteiger charge is -2.17. The molecule has 6 nitrogen and oxygen atoms in total. The second-order valence-electron chi connectivity index (χ2n) is 4.54. The Morgan fingerprint density at radius 1 is 1.42 bits per heavy atom. The van der Waals surface area contributed by atoms with E-state index in [-0.39, 0.29) is 12.6 Å². The number of nitro benzene ring substituents is 1. The summed E-state index contributed by atoms with van der Waals surface area (Å²) < 4.78 is 26.4. The Morgan fingerprint density at radius 2 is 2.00 bits per heavy atom. The fraction of sp³-hybridized carbons (Fsp3) is 0.364. The number of amides is 1. The van der Waals surface area contributed by atoms with E-state index in [0.717, 1.165) is 0 Å². The van der Waals surface area contributed by atoms with Gasteiger partial charge in [-0.05, 0) is 13.8 Å². The van der Waals surface area contributed by atoms with Crippen molar-refractivity contribution in [3.8, 4) is 0 Å². The minimum atomic E-state index is -1.36. The molecule has 0 bridgehead atoms. The number of halogens is 2. The molecular weight excluding hydrogens is 262 g/mol. The maximum absolute atomic E-state index is 13.4. The lowest BCUT2D eigenvalue weighted by Crippen LogP contribution is -2.38. The fourth-order valence-corrected chi connectivity index (χ4v) is 1.24. The topological polar surface area (TPSA) is 92.5 Å². The monoisotopic (exact) mass is 274 g/mol. The van der Waals surface area contributed by atoms with Gasteiger partial charge in [-0.3, -0.25) is 14.9 Å². The molecule has 0 spiro atoms. The molecule has 1 amide bonds. The Kier molecular flexibility index (Phi) is 4.15. The summed E-state index contributed by atoms with van der Waals surface area (Å²) in [6.45, 7) is 2.64. The van der Waals surface area contributed by atoms with Gasteiger partial charge in [0.05, 0.1) is 16.1 Å². The first kappa shape index (κ1) is 15.0. The highest BCUT2D eigenvalue weighted by Crippen LogP contribution is 2.21. The van der Waals surface area contributed by atoms with Gasteiger partial charge in [-0.2, -0.15) is 4.39 Å². The zero-order valence-electron chi connectivity index (χ0n) is 10.2. The van der Waals surface area contributed by atoms with Crippen LogP contribution in [0.25, 0.3) is 0 Å². The number of carbonyl (C=O) groups excluding carboxylic acids is 1. The maximum atomic E-state index is 13.4. The maximum Gasteiger partial charge on any atom is 0.305 e. The van der Waals surface area contributed by atoms with Crippen LogP contribution in [0.3, 0.4) is 0 Å². The Labute approximate surface area is 107 Å². The van der Waals surface area contributed by atoms with Crippen molar-refractivity contribution in [1.82, 2.24) is 5.32 Å². The highest BCUT2D eigenvalue weighted by Gasteiger charge is 2.23. The van der Waals surface area contributed by atoms with E-state index in [9.17, 15) is 28.8 Å². The van der Waals surface area contributed by atoms with Crippen molar-refractivity contribution >= 4 is 11.6 Å². The second-order valence-corrected chi connectivity index (χ2v) is 4.54. The van der Waals surface area contributed by atoms with Crippen molar-refractivity contribution in [2.75, 3.05) is 6.54 Å². The Morgan fingerprint density at radius 3 is 2.47 bits per heavy atom. The molecule has 0 saturated heterocycles. The van der Waals surface area contributed by atoms with Crippen LogP contribution in [0.1, 0.15) is 24.2 Å². The van der Waals surface area contributed by atoms with Gasteiger partial charge in [-0.15, -0.1) is 0 Å². The van der Waals surface area contributed by atoms with Crippen molar-refractivity contribution in [2.45, 2.75) is 19.4 Å². The highest BCUT2D eigenvalue weighted by atomic mass is 19.1. The summed E-state index contributed by atoms with van der Waals surface area (Å²) in [6, 6.07) is 0.793. The third-order valence-electron chi connectivity index (χ3n) is 2.16. The molecule has 0 fully saturated rings. The second kappa shape index (κ2) is 5.27. The number of carbonyl (C=O) groups is 1. The molecule has 0 aromatic heterocycles. The first-order valence-electron chi connectivity index (χ1n) is 5.26. The number of rotatable bonds is 4. The normalized spacial score (nSPS) is 11.2. The molecule has 0 radical (unpaired) electrons. The minimum absolute atomic E-state index is 0.184. The molecule has 2 N–H and O–H groups in total. The summed E-state index contributed by atoms with van der Waals surface area (Å²) in [5.74, 6) is -3.54. The van der Waals surface area contributed by atoms with E-state index < -0.39 is 39.3 Å². The summed E-state index contributed by atoms with van der Waals surface area (Å²) in [4.78, 5) is 21.0. The van der Waals surface area contributed by atoms with Crippen LogP contribution in [0.4, 0.5) is 14.5 Å².